The lowest BCUT2D eigenvalue weighted by atomic mass is 9.79. The van der Waals surface area contributed by atoms with Gasteiger partial charge in [-0.2, -0.15) is 5.10 Å². The first-order valence-corrected chi connectivity index (χ1v) is 7.42. The number of aromatic nitrogens is 2. The zero-order valence-electron chi connectivity index (χ0n) is 13.0. The van der Waals surface area contributed by atoms with Crippen molar-refractivity contribution in [2.75, 3.05) is 13.2 Å². The predicted octanol–water partition coefficient (Wildman–Crippen LogP) is 2.45. The summed E-state index contributed by atoms with van der Waals surface area (Å²) in [5, 5.41) is 19.1. The van der Waals surface area contributed by atoms with Gasteiger partial charge in [-0.15, -0.1) is 0 Å². The molecule has 0 aliphatic heterocycles. The zero-order valence-corrected chi connectivity index (χ0v) is 13.0. The normalized spacial score (nSPS) is 11.9. The number of aromatic amines is 1. The fourth-order valence-corrected chi connectivity index (χ4v) is 2.29. The molecule has 0 aliphatic rings. The van der Waals surface area contributed by atoms with Gasteiger partial charge in [0.15, 0.2) is 0 Å². The van der Waals surface area contributed by atoms with Crippen LogP contribution in [-0.2, 0) is 0 Å². The summed E-state index contributed by atoms with van der Waals surface area (Å²) in [6, 6.07) is 1.80. The second-order valence-electron chi connectivity index (χ2n) is 5.73. The standard InChI is InChI=1S/C15H27N3O2/c1-5-15(6-2,7-8-19)10-16-14(20)13-9-12(11(3)4)17-18-13/h9,11,19H,5-8,10H2,1-4H3,(H,16,20)(H,17,18). The number of nitrogens with zero attached hydrogens (tertiary/aromatic N) is 1. The highest BCUT2D eigenvalue weighted by atomic mass is 16.3. The minimum absolute atomic E-state index is 0.0262. The van der Waals surface area contributed by atoms with Crippen molar-refractivity contribution in [1.82, 2.24) is 15.5 Å². The molecule has 1 heterocycles. The highest BCUT2D eigenvalue weighted by Gasteiger charge is 2.26. The summed E-state index contributed by atoms with van der Waals surface area (Å²) in [5.74, 6) is 0.168. The molecule has 1 aromatic rings. The smallest absolute Gasteiger partial charge is 0.271 e. The summed E-state index contributed by atoms with van der Waals surface area (Å²) in [4.78, 5) is 12.1. The summed E-state index contributed by atoms with van der Waals surface area (Å²) < 4.78 is 0. The van der Waals surface area contributed by atoms with E-state index >= 15 is 0 Å². The van der Waals surface area contributed by atoms with Crippen LogP contribution in [0.2, 0.25) is 0 Å². The number of hydrogen-bond acceptors (Lipinski definition) is 3. The molecule has 0 atom stereocenters. The molecular formula is C15H27N3O2. The first-order valence-electron chi connectivity index (χ1n) is 7.42. The maximum absolute atomic E-state index is 12.1. The van der Waals surface area contributed by atoms with Gasteiger partial charge in [0.2, 0.25) is 0 Å². The highest BCUT2D eigenvalue weighted by molar-refractivity contribution is 5.92. The Kier molecular flexibility index (Phi) is 6.20. The Morgan fingerprint density at radius 3 is 2.55 bits per heavy atom. The van der Waals surface area contributed by atoms with Gasteiger partial charge in [-0.1, -0.05) is 27.7 Å². The van der Waals surface area contributed by atoms with Gasteiger partial charge in [-0.3, -0.25) is 9.89 Å². The van der Waals surface area contributed by atoms with Gasteiger partial charge in [-0.05, 0) is 36.7 Å². The maximum Gasteiger partial charge on any atom is 0.271 e. The molecule has 3 N–H and O–H groups in total. The van der Waals surface area contributed by atoms with Crippen LogP contribution >= 0.6 is 0 Å². The Labute approximate surface area is 121 Å². The van der Waals surface area contributed by atoms with Crippen LogP contribution in [0, 0.1) is 5.41 Å². The predicted molar refractivity (Wildman–Crippen MR) is 79.7 cm³/mol. The van der Waals surface area contributed by atoms with Gasteiger partial charge in [0.1, 0.15) is 5.69 Å². The number of aliphatic hydroxyl groups excluding tert-OH is 1. The Morgan fingerprint density at radius 1 is 1.45 bits per heavy atom. The van der Waals surface area contributed by atoms with E-state index in [4.69, 9.17) is 0 Å². The van der Waals surface area contributed by atoms with Crippen LogP contribution in [0.4, 0.5) is 0 Å². The van der Waals surface area contributed by atoms with E-state index in [0.29, 0.717) is 24.6 Å². The van der Waals surface area contributed by atoms with Crippen LogP contribution in [0.15, 0.2) is 6.07 Å². The Hall–Kier alpha value is -1.36. The molecule has 5 nitrogen and oxygen atoms in total. The molecule has 5 heteroatoms. The van der Waals surface area contributed by atoms with E-state index in [1.165, 1.54) is 0 Å². The van der Waals surface area contributed by atoms with Crippen LogP contribution < -0.4 is 5.32 Å². The van der Waals surface area contributed by atoms with E-state index in [9.17, 15) is 9.90 Å². The third-order valence-electron chi connectivity index (χ3n) is 4.22. The molecule has 1 aromatic heterocycles. The van der Waals surface area contributed by atoms with Crippen LogP contribution in [0.3, 0.4) is 0 Å². The number of H-pyrrole nitrogens is 1. The number of aliphatic hydroxyl groups is 1. The van der Waals surface area contributed by atoms with Crippen molar-refractivity contribution in [3.63, 3.8) is 0 Å². The Morgan fingerprint density at radius 2 is 2.10 bits per heavy atom. The van der Waals surface area contributed by atoms with E-state index in [-0.39, 0.29) is 17.9 Å². The third kappa shape index (κ3) is 4.07. The number of nitrogens with one attached hydrogen (secondary N) is 2. The van der Waals surface area contributed by atoms with E-state index in [1.807, 2.05) is 0 Å². The van der Waals surface area contributed by atoms with Gasteiger partial charge >= 0.3 is 0 Å². The second kappa shape index (κ2) is 7.43. The van der Waals surface area contributed by atoms with E-state index in [0.717, 1.165) is 18.5 Å². The number of rotatable bonds is 8. The lowest BCUT2D eigenvalue weighted by molar-refractivity contribution is 0.0902. The molecule has 114 valence electrons. The maximum atomic E-state index is 12.1. The monoisotopic (exact) mass is 281 g/mol. The van der Waals surface area contributed by atoms with Crippen LogP contribution in [0.25, 0.3) is 0 Å². The van der Waals surface area contributed by atoms with Crippen molar-refractivity contribution >= 4 is 5.91 Å². The van der Waals surface area contributed by atoms with Gasteiger partial charge in [0, 0.05) is 18.8 Å². The molecular weight excluding hydrogens is 254 g/mol. The SMILES string of the molecule is CCC(CC)(CCO)CNC(=O)c1cc(C(C)C)[nH]n1. The molecule has 20 heavy (non-hydrogen) atoms. The first-order chi connectivity index (χ1) is 9.48. The van der Waals surface area contributed by atoms with E-state index in [2.05, 4.69) is 43.2 Å². The average Bonchev–Trinajstić information content (AvgIpc) is 2.93. The summed E-state index contributed by atoms with van der Waals surface area (Å²) in [6.45, 7) is 9.01. The molecule has 0 fully saturated rings. The van der Waals surface area contributed by atoms with Crippen LogP contribution in [0.1, 0.15) is 69.1 Å². The summed E-state index contributed by atoms with van der Waals surface area (Å²) in [7, 11) is 0. The summed E-state index contributed by atoms with van der Waals surface area (Å²) in [6.07, 6.45) is 2.57. The van der Waals surface area contributed by atoms with Crippen molar-refractivity contribution in [2.45, 2.75) is 52.9 Å². The quantitative estimate of drug-likeness (QED) is 0.685. The van der Waals surface area contributed by atoms with Crippen molar-refractivity contribution in [2.24, 2.45) is 5.41 Å². The molecule has 0 aliphatic carbocycles. The minimum atomic E-state index is -0.155. The van der Waals surface area contributed by atoms with Gasteiger partial charge in [0.25, 0.3) is 5.91 Å². The fraction of sp³-hybridized carbons (Fsp3) is 0.733. The number of carbonyl (C=O) groups is 1. The van der Waals surface area contributed by atoms with E-state index < -0.39 is 0 Å². The summed E-state index contributed by atoms with van der Waals surface area (Å²) >= 11 is 0. The minimum Gasteiger partial charge on any atom is -0.396 e. The number of amides is 1. The lowest BCUT2D eigenvalue weighted by Gasteiger charge is -2.31. The molecule has 0 saturated heterocycles. The highest BCUT2D eigenvalue weighted by Crippen LogP contribution is 2.29. The van der Waals surface area contributed by atoms with Gasteiger partial charge in [0.05, 0.1) is 0 Å². The molecule has 0 aromatic carbocycles. The molecule has 0 bridgehead atoms. The molecule has 1 amide bonds. The Balaban J connectivity index is 2.65. The van der Waals surface area contributed by atoms with Crippen molar-refractivity contribution in [3.8, 4) is 0 Å². The molecule has 0 unspecified atom stereocenters. The number of hydrogen-bond donors (Lipinski definition) is 3. The summed E-state index contributed by atoms with van der Waals surface area (Å²) in [5.41, 5.74) is 1.36. The van der Waals surface area contributed by atoms with E-state index in [1.54, 1.807) is 6.07 Å². The van der Waals surface area contributed by atoms with Gasteiger partial charge < -0.3 is 10.4 Å². The second-order valence-corrected chi connectivity index (χ2v) is 5.73. The molecule has 0 spiro atoms. The van der Waals surface area contributed by atoms with Crippen molar-refractivity contribution in [3.05, 3.63) is 17.5 Å². The van der Waals surface area contributed by atoms with Crippen LogP contribution in [-0.4, -0.2) is 34.4 Å². The first kappa shape index (κ1) is 16.7. The molecule has 0 radical (unpaired) electrons. The Bertz CT molecular complexity index is 423. The zero-order chi connectivity index (χ0) is 15.2. The molecule has 0 saturated carbocycles. The van der Waals surface area contributed by atoms with Crippen molar-refractivity contribution in [1.29, 1.82) is 0 Å². The largest absolute Gasteiger partial charge is 0.396 e. The van der Waals surface area contributed by atoms with Gasteiger partial charge in [-0.25, -0.2) is 0 Å². The number of carbonyl (C=O) groups excluding carboxylic acids is 1. The third-order valence-corrected chi connectivity index (χ3v) is 4.22. The topological polar surface area (TPSA) is 78.0 Å². The van der Waals surface area contributed by atoms with Crippen molar-refractivity contribution < 1.29 is 9.90 Å². The lowest BCUT2D eigenvalue weighted by Crippen LogP contribution is -2.37. The molecule has 1 rings (SSSR count). The average molecular weight is 281 g/mol. The van der Waals surface area contributed by atoms with Crippen LogP contribution in [0.5, 0.6) is 0 Å². The fourth-order valence-electron chi connectivity index (χ4n) is 2.29.